The van der Waals surface area contributed by atoms with E-state index in [0.29, 0.717) is 29.4 Å². The number of amides is 2. The maximum atomic E-state index is 13.7. The molecule has 0 aliphatic carbocycles. The van der Waals surface area contributed by atoms with Crippen molar-refractivity contribution in [1.29, 1.82) is 0 Å². The number of carbonyl (C=O) groups excluding carboxylic acids is 2. The van der Waals surface area contributed by atoms with Gasteiger partial charge in [-0.15, -0.1) is 0 Å². The fourth-order valence-corrected chi connectivity index (χ4v) is 5.50. The van der Waals surface area contributed by atoms with Gasteiger partial charge >= 0.3 is 0 Å². The molecule has 0 saturated carbocycles. The highest BCUT2D eigenvalue weighted by atomic mass is 32.2. The van der Waals surface area contributed by atoms with Crippen LogP contribution in [0.15, 0.2) is 88.3 Å². The smallest absolute Gasteiger partial charge is 0.283 e. The molecule has 2 heterocycles. The van der Waals surface area contributed by atoms with Crippen LogP contribution in [0.5, 0.6) is 0 Å². The zero-order chi connectivity index (χ0) is 22.2. The Labute approximate surface area is 192 Å². The second-order valence-electron chi connectivity index (χ2n) is 8.32. The average Bonchev–Trinajstić information content (AvgIpc) is 3.02. The van der Waals surface area contributed by atoms with Gasteiger partial charge in [0.2, 0.25) is 0 Å². The molecule has 2 amide bonds. The summed E-state index contributed by atoms with van der Waals surface area (Å²) in [5.41, 5.74) is 5.72. The van der Waals surface area contributed by atoms with Gasteiger partial charge < -0.3 is 4.90 Å². The molecular formula is C27H24N2O2S. The maximum absolute atomic E-state index is 13.7. The fourth-order valence-electron chi connectivity index (χ4n) is 4.48. The summed E-state index contributed by atoms with van der Waals surface area (Å²) < 4.78 is 0. The van der Waals surface area contributed by atoms with E-state index < -0.39 is 0 Å². The minimum atomic E-state index is -0.247. The van der Waals surface area contributed by atoms with Crippen molar-refractivity contribution in [3.8, 4) is 0 Å². The summed E-state index contributed by atoms with van der Waals surface area (Å²) in [4.78, 5) is 32.3. The van der Waals surface area contributed by atoms with E-state index in [9.17, 15) is 9.59 Å². The molecule has 0 atom stereocenters. The summed E-state index contributed by atoms with van der Waals surface area (Å²) in [5, 5.41) is 0. The summed E-state index contributed by atoms with van der Waals surface area (Å²) in [5.74, 6) is -0.486. The first-order chi connectivity index (χ1) is 15.5. The van der Waals surface area contributed by atoms with Crippen molar-refractivity contribution < 1.29 is 9.59 Å². The van der Waals surface area contributed by atoms with Crippen LogP contribution in [0.4, 0.5) is 5.69 Å². The zero-order valence-corrected chi connectivity index (χ0v) is 19.0. The van der Waals surface area contributed by atoms with Gasteiger partial charge in [0.25, 0.3) is 11.8 Å². The fraction of sp³-hybridized carbons (Fsp3) is 0.185. The molecule has 3 aromatic rings. The first-order valence-corrected chi connectivity index (χ1v) is 11.6. The number of thioether (sulfide) groups is 1. The number of benzene rings is 3. The quantitative estimate of drug-likeness (QED) is 0.521. The van der Waals surface area contributed by atoms with Crippen molar-refractivity contribution in [2.45, 2.75) is 31.7 Å². The molecule has 0 N–H and O–H groups in total. The average molecular weight is 441 g/mol. The molecule has 0 unspecified atom stereocenters. The van der Waals surface area contributed by atoms with Crippen molar-refractivity contribution in [1.82, 2.24) is 4.90 Å². The number of aryl methyl sites for hydroxylation is 2. The van der Waals surface area contributed by atoms with Gasteiger partial charge in [-0.05, 0) is 66.8 Å². The van der Waals surface area contributed by atoms with E-state index in [1.165, 1.54) is 27.8 Å². The summed E-state index contributed by atoms with van der Waals surface area (Å²) in [6, 6.07) is 24.0. The maximum Gasteiger partial charge on any atom is 0.283 e. The summed E-state index contributed by atoms with van der Waals surface area (Å²) in [6.45, 7) is 5.31. The normalized spacial score (nSPS) is 16.1. The topological polar surface area (TPSA) is 40.6 Å². The van der Waals surface area contributed by atoms with Crippen molar-refractivity contribution >= 4 is 29.3 Å². The van der Waals surface area contributed by atoms with Crippen LogP contribution in [0.1, 0.15) is 22.3 Å². The van der Waals surface area contributed by atoms with Gasteiger partial charge in [-0.2, -0.15) is 0 Å². The predicted octanol–water partition coefficient (Wildman–Crippen LogP) is 5.24. The Bertz CT molecular complexity index is 1230. The molecule has 0 radical (unpaired) electrons. The minimum Gasteiger partial charge on any atom is -0.361 e. The molecular weight excluding hydrogens is 416 g/mol. The molecule has 0 bridgehead atoms. The van der Waals surface area contributed by atoms with Crippen LogP contribution in [0.3, 0.4) is 0 Å². The standard InChI is InChI=1S/C27H24N2O2S/c1-18-14-19(2)16-22(15-18)29-26(30)24(25(27(29)31)32-23-10-4-3-5-11-23)28-13-12-20-8-6-7-9-21(20)17-28/h3-11,14-16H,12-13,17H2,1-2H3. The van der Waals surface area contributed by atoms with Gasteiger partial charge in [0.05, 0.1) is 5.69 Å². The lowest BCUT2D eigenvalue weighted by Gasteiger charge is -2.31. The lowest BCUT2D eigenvalue weighted by atomic mass is 9.99. The number of nitrogens with zero attached hydrogens (tertiary/aromatic N) is 2. The lowest BCUT2D eigenvalue weighted by Crippen LogP contribution is -2.37. The third kappa shape index (κ3) is 3.73. The van der Waals surface area contributed by atoms with Crippen LogP contribution >= 0.6 is 11.8 Å². The number of fused-ring (bicyclic) bond motifs is 1. The summed E-state index contributed by atoms with van der Waals surface area (Å²) >= 11 is 1.38. The van der Waals surface area contributed by atoms with Gasteiger partial charge in [-0.3, -0.25) is 9.59 Å². The second kappa shape index (κ2) is 8.32. The van der Waals surface area contributed by atoms with E-state index >= 15 is 0 Å². The first-order valence-electron chi connectivity index (χ1n) is 10.8. The SMILES string of the molecule is Cc1cc(C)cc(N2C(=O)C(Sc3ccccc3)=C(N3CCc4ccccc4C3)C2=O)c1. The largest absolute Gasteiger partial charge is 0.361 e. The van der Waals surface area contributed by atoms with E-state index in [1.54, 1.807) is 0 Å². The lowest BCUT2D eigenvalue weighted by molar-refractivity contribution is -0.121. The van der Waals surface area contributed by atoms with Crippen LogP contribution in [0.2, 0.25) is 0 Å². The van der Waals surface area contributed by atoms with E-state index in [0.717, 1.165) is 22.4 Å². The molecule has 160 valence electrons. The molecule has 0 saturated heterocycles. The number of rotatable bonds is 4. The van der Waals surface area contributed by atoms with Gasteiger partial charge in [0.15, 0.2) is 0 Å². The van der Waals surface area contributed by atoms with E-state index in [-0.39, 0.29) is 11.8 Å². The molecule has 3 aromatic carbocycles. The molecule has 2 aliphatic heterocycles. The minimum absolute atomic E-state index is 0.238. The van der Waals surface area contributed by atoms with E-state index in [4.69, 9.17) is 0 Å². The monoisotopic (exact) mass is 440 g/mol. The third-order valence-electron chi connectivity index (χ3n) is 5.89. The molecule has 4 nitrogen and oxygen atoms in total. The number of anilines is 1. The van der Waals surface area contributed by atoms with Crippen LogP contribution in [0, 0.1) is 13.8 Å². The Kier molecular flexibility index (Phi) is 5.35. The molecule has 2 aliphatic rings. The van der Waals surface area contributed by atoms with Crippen molar-refractivity contribution in [2.24, 2.45) is 0 Å². The van der Waals surface area contributed by atoms with Gasteiger partial charge in [-0.25, -0.2) is 4.90 Å². The van der Waals surface area contributed by atoms with Crippen molar-refractivity contribution in [3.05, 3.63) is 106 Å². The van der Waals surface area contributed by atoms with Crippen LogP contribution < -0.4 is 4.90 Å². The third-order valence-corrected chi connectivity index (χ3v) is 6.97. The molecule has 5 rings (SSSR count). The van der Waals surface area contributed by atoms with Gasteiger partial charge in [0.1, 0.15) is 10.6 Å². The molecule has 32 heavy (non-hydrogen) atoms. The number of hydrogen-bond donors (Lipinski definition) is 0. The Balaban J connectivity index is 1.57. The van der Waals surface area contributed by atoms with E-state index in [2.05, 4.69) is 23.1 Å². The van der Waals surface area contributed by atoms with Crippen molar-refractivity contribution in [3.63, 3.8) is 0 Å². The highest BCUT2D eigenvalue weighted by Crippen LogP contribution is 2.40. The Morgan fingerprint density at radius 3 is 2.16 bits per heavy atom. The van der Waals surface area contributed by atoms with Crippen LogP contribution in [-0.4, -0.2) is 23.3 Å². The Morgan fingerprint density at radius 2 is 1.44 bits per heavy atom. The zero-order valence-electron chi connectivity index (χ0n) is 18.2. The second-order valence-corrected chi connectivity index (χ2v) is 9.41. The predicted molar refractivity (Wildman–Crippen MR) is 128 cm³/mol. The Hall–Kier alpha value is -3.31. The number of carbonyl (C=O) groups is 2. The van der Waals surface area contributed by atoms with E-state index in [1.807, 2.05) is 68.4 Å². The summed E-state index contributed by atoms with van der Waals surface area (Å²) in [7, 11) is 0. The number of imide groups is 1. The van der Waals surface area contributed by atoms with Gasteiger partial charge in [0, 0.05) is 18.0 Å². The molecule has 5 heteroatoms. The first kappa shape index (κ1) is 20.6. The Morgan fingerprint density at radius 1 is 0.781 bits per heavy atom. The molecule has 0 spiro atoms. The highest BCUT2D eigenvalue weighted by molar-refractivity contribution is 8.04. The molecule has 0 fully saturated rings. The van der Waals surface area contributed by atoms with Crippen LogP contribution in [-0.2, 0) is 22.6 Å². The summed E-state index contributed by atoms with van der Waals surface area (Å²) in [6.07, 6.45) is 0.855. The molecule has 0 aromatic heterocycles. The van der Waals surface area contributed by atoms with Crippen LogP contribution in [0.25, 0.3) is 0 Å². The van der Waals surface area contributed by atoms with Crippen molar-refractivity contribution in [2.75, 3.05) is 11.4 Å². The number of hydrogen-bond acceptors (Lipinski definition) is 4. The van der Waals surface area contributed by atoms with Gasteiger partial charge in [-0.1, -0.05) is 60.3 Å². The highest BCUT2D eigenvalue weighted by Gasteiger charge is 2.43.